The second kappa shape index (κ2) is 8.65. The van der Waals surface area contributed by atoms with E-state index in [1.165, 1.54) is 12.8 Å². The van der Waals surface area contributed by atoms with Gasteiger partial charge in [-0.3, -0.25) is 10.2 Å². The number of aldehydes is 1. The Kier molecular flexibility index (Phi) is 9.64. The molecule has 0 heterocycles. The predicted octanol–water partition coefficient (Wildman–Crippen LogP) is 3.05. The van der Waals surface area contributed by atoms with Crippen LogP contribution in [0.4, 0.5) is 0 Å². The number of rotatable bonds is 7. The number of carbonyl (C=O) groups excluding carboxylic acids is 1. The van der Waals surface area contributed by atoms with E-state index in [2.05, 4.69) is 38.0 Å². The van der Waals surface area contributed by atoms with Crippen LogP contribution < -0.4 is 5.32 Å². The molecule has 0 aromatic heterocycles. The number of hydrogen-bond acceptors (Lipinski definition) is 3. The van der Waals surface area contributed by atoms with Gasteiger partial charge in [0, 0.05) is 0 Å². The molecule has 1 N–H and O–H groups in total. The van der Waals surface area contributed by atoms with Crippen LogP contribution in [0.1, 0.15) is 61.3 Å². The summed E-state index contributed by atoms with van der Waals surface area (Å²) >= 11 is 0. The van der Waals surface area contributed by atoms with E-state index in [4.69, 9.17) is 0 Å². The summed E-state index contributed by atoms with van der Waals surface area (Å²) in [7, 11) is 2.09. The van der Waals surface area contributed by atoms with E-state index in [1.807, 2.05) is 27.7 Å². The molecule has 3 nitrogen and oxygen atoms in total. The highest BCUT2D eigenvalue weighted by molar-refractivity contribution is 5.62. The van der Waals surface area contributed by atoms with Crippen molar-refractivity contribution in [2.24, 2.45) is 0 Å². The molecule has 0 saturated heterocycles. The van der Waals surface area contributed by atoms with Gasteiger partial charge in [0.25, 0.3) is 0 Å². The number of carbonyl (C=O) groups is 1. The Hall–Kier alpha value is -0.410. The van der Waals surface area contributed by atoms with E-state index in [0.29, 0.717) is 0 Å². The summed E-state index contributed by atoms with van der Waals surface area (Å²) in [5.41, 5.74) is -0.621. The maximum absolute atomic E-state index is 10.9. The van der Waals surface area contributed by atoms with Crippen LogP contribution in [0, 0.1) is 0 Å². The topological polar surface area (TPSA) is 32.3 Å². The lowest BCUT2D eigenvalue weighted by Gasteiger charge is -2.41. The minimum absolute atomic E-state index is 0.153. The number of unbranched alkanes of at least 4 members (excludes halogenated alkanes) is 1. The van der Waals surface area contributed by atoms with Crippen molar-refractivity contribution >= 4 is 6.29 Å². The maximum Gasteiger partial charge on any atom is 0.139 e. The standard InChI is InChI=1S/C12H26N2O.C2H6/c1-7-8-9-14(6)12(4,5)13-11(2,3)10-15;1-2/h10,13H,7-9H2,1-6H3;1-2H3. The number of nitrogens with zero attached hydrogens (tertiary/aromatic N) is 1. The summed E-state index contributed by atoms with van der Waals surface area (Å²) in [6, 6.07) is 0. The van der Waals surface area contributed by atoms with Crippen LogP contribution in [-0.2, 0) is 4.79 Å². The van der Waals surface area contributed by atoms with E-state index in [0.717, 1.165) is 12.8 Å². The Morgan fingerprint density at radius 3 is 2.00 bits per heavy atom. The van der Waals surface area contributed by atoms with Crippen LogP contribution in [-0.4, -0.2) is 36.0 Å². The van der Waals surface area contributed by atoms with Gasteiger partial charge in [-0.2, -0.15) is 0 Å². The molecule has 0 fully saturated rings. The second-order valence-electron chi connectivity index (χ2n) is 5.30. The van der Waals surface area contributed by atoms with Gasteiger partial charge >= 0.3 is 0 Å². The smallest absolute Gasteiger partial charge is 0.139 e. The highest BCUT2D eigenvalue weighted by atomic mass is 16.1. The number of nitrogens with one attached hydrogen (secondary N) is 1. The first kappa shape index (κ1) is 18.9. The molecule has 17 heavy (non-hydrogen) atoms. The average molecular weight is 244 g/mol. The lowest BCUT2D eigenvalue weighted by molar-refractivity contribution is -0.113. The van der Waals surface area contributed by atoms with Crippen LogP contribution in [0.5, 0.6) is 0 Å². The Morgan fingerprint density at radius 2 is 1.65 bits per heavy atom. The SMILES string of the molecule is CC.CCCCN(C)C(C)(C)NC(C)(C)C=O. The molecule has 3 heteroatoms. The second-order valence-corrected chi connectivity index (χ2v) is 5.30. The molecule has 0 unspecified atom stereocenters. The fraction of sp³-hybridized carbons (Fsp3) is 0.929. The van der Waals surface area contributed by atoms with Gasteiger partial charge in [0.2, 0.25) is 0 Å². The largest absolute Gasteiger partial charge is 0.301 e. The van der Waals surface area contributed by atoms with E-state index < -0.39 is 5.54 Å². The zero-order valence-electron chi connectivity index (χ0n) is 13.1. The van der Waals surface area contributed by atoms with Crippen LogP contribution in [0.15, 0.2) is 0 Å². The zero-order chi connectivity index (χ0) is 14.1. The lowest BCUT2D eigenvalue weighted by Crippen LogP contribution is -2.60. The first-order chi connectivity index (χ1) is 7.75. The zero-order valence-corrected chi connectivity index (χ0v) is 13.1. The van der Waals surface area contributed by atoms with Crippen molar-refractivity contribution in [3.63, 3.8) is 0 Å². The van der Waals surface area contributed by atoms with Gasteiger partial charge in [0.15, 0.2) is 0 Å². The van der Waals surface area contributed by atoms with Gasteiger partial charge in [-0.1, -0.05) is 27.2 Å². The minimum atomic E-state index is -0.468. The van der Waals surface area contributed by atoms with Gasteiger partial charge in [-0.05, 0) is 47.7 Å². The van der Waals surface area contributed by atoms with Crippen molar-refractivity contribution in [2.45, 2.75) is 72.5 Å². The van der Waals surface area contributed by atoms with Crippen molar-refractivity contribution in [2.75, 3.05) is 13.6 Å². The molecule has 0 aromatic rings. The van der Waals surface area contributed by atoms with E-state index >= 15 is 0 Å². The van der Waals surface area contributed by atoms with Crippen molar-refractivity contribution in [1.29, 1.82) is 0 Å². The Bertz CT molecular complexity index is 200. The van der Waals surface area contributed by atoms with Gasteiger partial charge in [-0.15, -0.1) is 0 Å². The molecule has 0 amide bonds. The summed E-state index contributed by atoms with van der Waals surface area (Å²) in [4.78, 5) is 13.1. The Morgan fingerprint density at radius 1 is 1.18 bits per heavy atom. The molecule has 104 valence electrons. The highest BCUT2D eigenvalue weighted by Crippen LogP contribution is 2.13. The molecule has 0 aliphatic rings. The van der Waals surface area contributed by atoms with Gasteiger partial charge in [0.05, 0.1) is 11.2 Å². The van der Waals surface area contributed by atoms with Gasteiger partial charge < -0.3 is 4.79 Å². The molecule has 0 aliphatic heterocycles. The van der Waals surface area contributed by atoms with E-state index in [1.54, 1.807) is 0 Å². The molecule has 0 rings (SSSR count). The third-order valence-corrected chi connectivity index (χ3v) is 2.72. The van der Waals surface area contributed by atoms with E-state index in [-0.39, 0.29) is 5.66 Å². The summed E-state index contributed by atoms with van der Waals surface area (Å²) in [6.07, 6.45) is 3.34. The quantitative estimate of drug-likeness (QED) is 0.552. The molecule has 0 radical (unpaired) electrons. The van der Waals surface area contributed by atoms with Crippen molar-refractivity contribution in [3.8, 4) is 0 Å². The Balaban J connectivity index is 0. The fourth-order valence-corrected chi connectivity index (χ4v) is 1.59. The third kappa shape index (κ3) is 8.33. The maximum atomic E-state index is 10.9. The first-order valence-corrected chi connectivity index (χ1v) is 6.72. The van der Waals surface area contributed by atoms with Gasteiger partial charge in [-0.25, -0.2) is 0 Å². The molecular weight excluding hydrogens is 212 g/mol. The molecule has 0 bridgehead atoms. The summed E-state index contributed by atoms with van der Waals surface area (Å²) in [5, 5.41) is 3.35. The molecule has 0 aliphatic carbocycles. The monoisotopic (exact) mass is 244 g/mol. The van der Waals surface area contributed by atoms with Crippen LogP contribution >= 0.6 is 0 Å². The molecule has 0 atom stereocenters. The van der Waals surface area contributed by atoms with Crippen molar-refractivity contribution in [1.82, 2.24) is 10.2 Å². The van der Waals surface area contributed by atoms with Crippen LogP contribution in [0.2, 0.25) is 0 Å². The minimum Gasteiger partial charge on any atom is -0.301 e. The Labute approximate surface area is 108 Å². The predicted molar refractivity (Wildman–Crippen MR) is 76.2 cm³/mol. The molecule has 0 spiro atoms. The van der Waals surface area contributed by atoms with Crippen molar-refractivity contribution in [3.05, 3.63) is 0 Å². The number of hydrogen-bond donors (Lipinski definition) is 1. The van der Waals surface area contributed by atoms with Crippen LogP contribution in [0.3, 0.4) is 0 Å². The summed E-state index contributed by atoms with van der Waals surface area (Å²) < 4.78 is 0. The summed E-state index contributed by atoms with van der Waals surface area (Å²) in [6.45, 7) is 15.2. The van der Waals surface area contributed by atoms with Crippen LogP contribution in [0.25, 0.3) is 0 Å². The normalized spacial score (nSPS) is 12.1. The average Bonchev–Trinajstić information content (AvgIpc) is 2.27. The molecular formula is C14H32N2O. The van der Waals surface area contributed by atoms with Gasteiger partial charge in [0.1, 0.15) is 6.29 Å². The lowest BCUT2D eigenvalue weighted by atomic mass is 10.0. The molecule has 0 saturated carbocycles. The molecule has 0 aromatic carbocycles. The third-order valence-electron chi connectivity index (χ3n) is 2.72. The first-order valence-electron chi connectivity index (χ1n) is 6.72. The highest BCUT2D eigenvalue weighted by Gasteiger charge is 2.29. The fourth-order valence-electron chi connectivity index (χ4n) is 1.59. The van der Waals surface area contributed by atoms with Crippen molar-refractivity contribution < 1.29 is 4.79 Å². The van der Waals surface area contributed by atoms with E-state index in [9.17, 15) is 4.79 Å². The summed E-state index contributed by atoms with van der Waals surface area (Å²) in [5.74, 6) is 0.